The van der Waals surface area contributed by atoms with Gasteiger partial charge < -0.3 is 9.47 Å². The highest BCUT2D eigenvalue weighted by atomic mass is 32.1. The Bertz CT molecular complexity index is 205. The van der Waals surface area contributed by atoms with Gasteiger partial charge in [0.05, 0.1) is 13.2 Å². The quantitative estimate of drug-likeness (QED) is 0.717. The first kappa shape index (κ1) is 11.9. The topological polar surface area (TPSA) is 35.5 Å². The molecule has 3 nitrogen and oxygen atoms in total. The van der Waals surface area contributed by atoms with E-state index in [4.69, 9.17) is 9.47 Å². The molecule has 0 spiro atoms. The molecule has 1 rings (SSSR count). The second kappa shape index (κ2) is 4.55. The summed E-state index contributed by atoms with van der Waals surface area (Å²) in [6.45, 7) is 2.73. The van der Waals surface area contributed by atoms with E-state index in [0.717, 1.165) is 0 Å². The molecule has 1 aliphatic rings. The van der Waals surface area contributed by atoms with Crippen molar-refractivity contribution >= 4 is 11.7 Å². The van der Waals surface area contributed by atoms with Crippen LogP contribution in [-0.2, 0) is 21.1 Å². The number of halogens is 2. The number of ether oxygens (including phenoxy) is 2. The van der Waals surface area contributed by atoms with Gasteiger partial charge in [0.15, 0.2) is 5.79 Å². The monoisotopic (exact) mass is 227 g/mol. The first-order chi connectivity index (χ1) is 6.47. The molecule has 1 fully saturated rings. The average molecular weight is 227 g/mol. The summed E-state index contributed by atoms with van der Waals surface area (Å²) >= 11 is -0.656. The molecule has 1 saturated heterocycles. The van der Waals surface area contributed by atoms with Crippen molar-refractivity contribution < 1.29 is 22.5 Å². The van der Waals surface area contributed by atoms with E-state index in [1.807, 2.05) is 0 Å². The summed E-state index contributed by atoms with van der Waals surface area (Å²) < 4.78 is 45.5. The minimum atomic E-state index is -3.17. The van der Waals surface area contributed by atoms with Crippen molar-refractivity contribution in [1.82, 2.24) is 0 Å². The van der Waals surface area contributed by atoms with Crippen LogP contribution in [0.3, 0.4) is 0 Å². The fraction of sp³-hybridized carbons (Fsp3) is 1.00. The summed E-state index contributed by atoms with van der Waals surface area (Å²) in [5.74, 6) is -0.733. The zero-order valence-corrected chi connectivity index (χ0v) is 8.74. The molecule has 1 heterocycles. The molecule has 6 heteroatoms. The van der Waals surface area contributed by atoms with Crippen molar-refractivity contribution in [2.24, 2.45) is 0 Å². The fourth-order valence-corrected chi connectivity index (χ4v) is 1.59. The van der Waals surface area contributed by atoms with E-state index in [-0.39, 0.29) is 6.42 Å². The minimum Gasteiger partial charge on any atom is -0.348 e. The Kier molecular flexibility index (Phi) is 3.86. The lowest BCUT2D eigenvalue weighted by atomic mass is 10.1. The van der Waals surface area contributed by atoms with E-state index in [0.29, 0.717) is 19.6 Å². The molecule has 0 aromatic rings. The molecule has 0 aromatic carbocycles. The lowest BCUT2D eigenvalue weighted by molar-refractivity contribution is -0.148. The maximum absolute atomic E-state index is 12.5. The van der Waals surface area contributed by atoms with E-state index in [1.54, 1.807) is 6.92 Å². The van der Waals surface area contributed by atoms with Crippen molar-refractivity contribution in [3.8, 4) is 0 Å². The molecule has 1 aliphatic heterocycles. The van der Waals surface area contributed by atoms with E-state index in [1.165, 1.54) is 0 Å². The van der Waals surface area contributed by atoms with Crippen LogP contribution < -0.4 is 0 Å². The lowest BCUT2D eigenvalue weighted by Crippen LogP contribution is -2.26. The molecular formula is C8H13F2O3S. The van der Waals surface area contributed by atoms with Crippen molar-refractivity contribution in [2.75, 3.05) is 13.2 Å². The van der Waals surface area contributed by atoms with Crippen LogP contribution in [0.1, 0.15) is 26.2 Å². The van der Waals surface area contributed by atoms with Crippen molar-refractivity contribution in [3.05, 3.63) is 0 Å². The van der Waals surface area contributed by atoms with E-state index < -0.39 is 29.1 Å². The van der Waals surface area contributed by atoms with Gasteiger partial charge in [-0.3, -0.25) is 0 Å². The van der Waals surface area contributed by atoms with E-state index in [2.05, 4.69) is 0 Å². The van der Waals surface area contributed by atoms with Crippen LogP contribution in [0.15, 0.2) is 0 Å². The van der Waals surface area contributed by atoms with Crippen LogP contribution >= 0.6 is 0 Å². The summed E-state index contributed by atoms with van der Waals surface area (Å²) in [5, 5.41) is -3.17. The number of hydrogen-bond donors (Lipinski definition) is 0. The van der Waals surface area contributed by atoms with Gasteiger partial charge in [0, 0.05) is 12.8 Å². The van der Waals surface area contributed by atoms with Gasteiger partial charge in [-0.15, -0.1) is 0 Å². The van der Waals surface area contributed by atoms with Gasteiger partial charge in [-0.2, -0.15) is 8.78 Å². The highest BCUT2D eigenvalue weighted by molar-refractivity contribution is 7.66. The van der Waals surface area contributed by atoms with Gasteiger partial charge >= 0.3 is 5.25 Å². The summed E-state index contributed by atoms with van der Waals surface area (Å²) in [5.41, 5.74) is 0. The summed E-state index contributed by atoms with van der Waals surface area (Å²) in [4.78, 5) is 0. The Balaban J connectivity index is 2.23. The fourth-order valence-electron chi connectivity index (χ4n) is 1.36. The molecule has 0 aromatic heterocycles. The smallest absolute Gasteiger partial charge is 0.344 e. The van der Waals surface area contributed by atoms with Crippen LogP contribution in [0.2, 0.25) is 0 Å². The van der Waals surface area contributed by atoms with Gasteiger partial charge in [0.1, 0.15) is 11.7 Å². The van der Waals surface area contributed by atoms with Crippen LogP contribution in [-0.4, -0.2) is 28.5 Å². The molecule has 1 radical (unpaired) electrons. The second-order valence-corrected chi connectivity index (χ2v) is 4.17. The maximum atomic E-state index is 12.5. The van der Waals surface area contributed by atoms with Gasteiger partial charge in [-0.25, -0.2) is 4.21 Å². The zero-order valence-electron chi connectivity index (χ0n) is 7.92. The summed E-state index contributed by atoms with van der Waals surface area (Å²) in [6.07, 6.45) is 0.186. The number of rotatable bonds is 5. The standard InChI is InChI=1S/C8H13F2O3S/c1-7(12-5-6-13-7)3-2-4-8(9,10)14-11/h2-6H2,1H3. The van der Waals surface area contributed by atoms with Gasteiger partial charge in [0.25, 0.3) is 0 Å². The third kappa shape index (κ3) is 3.51. The highest BCUT2D eigenvalue weighted by Gasteiger charge is 2.34. The first-order valence-corrected chi connectivity index (χ1v) is 5.18. The van der Waals surface area contributed by atoms with Crippen LogP contribution in [0.5, 0.6) is 0 Å². The molecule has 83 valence electrons. The molecule has 0 unspecified atom stereocenters. The summed E-state index contributed by atoms with van der Waals surface area (Å²) in [6, 6.07) is 0. The molecule has 0 saturated carbocycles. The minimum absolute atomic E-state index is 0.221. The molecule has 0 N–H and O–H groups in total. The predicted molar refractivity (Wildman–Crippen MR) is 47.2 cm³/mol. The van der Waals surface area contributed by atoms with Gasteiger partial charge in [-0.05, 0) is 13.3 Å². The van der Waals surface area contributed by atoms with Crippen molar-refractivity contribution in [2.45, 2.75) is 37.2 Å². The number of hydrogen-bond acceptors (Lipinski definition) is 3. The Labute approximate surface area is 85.3 Å². The molecule has 14 heavy (non-hydrogen) atoms. The molecular weight excluding hydrogens is 214 g/mol. The maximum Gasteiger partial charge on any atom is 0.344 e. The predicted octanol–water partition coefficient (Wildman–Crippen LogP) is 1.73. The Morgan fingerprint density at radius 3 is 2.50 bits per heavy atom. The largest absolute Gasteiger partial charge is 0.348 e. The van der Waals surface area contributed by atoms with Crippen molar-refractivity contribution in [3.63, 3.8) is 0 Å². The lowest BCUT2D eigenvalue weighted by Gasteiger charge is -2.22. The van der Waals surface area contributed by atoms with E-state index >= 15 is 0 Å². The first-order valence-electron chi connectivity index (χ1n) is 4.44. The highest BCUT2D eigenvalue weighted by Crippen LogP contribution is 2.28. The summed E-state index contributed by atoms with van der Waals surface area (Å²) in [7, 11) is 0. The molecule has 0 aliphatic carbocycles. The molecule has 0 atom stereocenters. The third-order valence-corrected chi connectivity index (χ3v) is 2.57. The average Bonchev–Trinajstić information content (AvgIpc) is 2.52. The van der Waals surface area contributed by atoms with E-state index in [9.17, 15) is 13.0 Å². The van der Waals surface area contributed by atoms with Crippen LogP contribution in [0.25, 0.3) is 0 Å². The molecule has 0 bridgehead atoms. The normalized spacial score (nSPS) is 21.1. The SMILES string of the molecule is CC1(CCCC(F)(F)[S]=O)OCCO1. The Hall–Kier alpha value is -0.200. The van der Waals surface area contributed by atoms with Gasteiger partial charge in [0.2, 0.25) is 0 Å². The third-order valence-electron chi connectivity index (χ3n) is 2.12. The zero-order chi connectivity index (χ0) is 10.7. The van der Waals surface area contributed by atoms with Crippen molar-refractivity contribution in [1.29, 1.82) is 0 Å². The molecule has 0 amide bonds. The Morgan fingerprint density at radius 1 is 1.43 bits per heavy atom. The van der Waals surface area contributed by atoms with Crippen LogP contribution in [0.4, 0.5) is 8.78 Å². The second-order valence-electron chi connectivity index (χ2n) is 3.40. The van der Waals surface area contributed by atoms with Crippen LogP contribution in [0, 0.1) is 0 Å². The Morgan fingerprint density at radius 2 is 2.00 bits per heavy atom. The number of alkyl halides is 2. The van der Waals surface area contributed by atoms with Gasteiger partial charge in [-0.1, -0.05) is 0 Å².